The number of ether oxygens (including phenoxy) is 2. The SMILES string of the molecule is CO[C@@H]1COC[C@H]1NC(=O)N1CCC[C@@H]1CN. The zero-order chi connectivity index (χ0) is 12.3. The Bertz CT molecular complexity index is 275. The van der Waals surface area contributed by atoms with Gasteiger partial charge in [-0.15, -0.1) is 0 Å². The Morgan fingerprint density at radius 3 is 3.12 bits per heavy atom. The topological polar surface area (TPSA) is 76.8 Å². The minimum Gasteiger partial charge on any atom is -0.377 e. The Morgan fingerprint density at radius 1 is 1.59 bits per heavy atom. The van der Waals surface area contributed by atoms with E-state index in [-0.39, 0.29) is 24.2 Å². The third kappa shape index (κ3) is 2.70. The van der Waals surface area contributed by atoms with Gasteiger partial charge in [-0.2, -0.15) is 0 Å². The fourth-order valence-electron chi connectivity index (χ4n) is 2.49. The molecular weight excluding hydrogens is 222 g/mol. The molecule has 6 nitrogen and oxygen atoms in total. The molecule has 0 radical (unpaired) electrons. The van der Waals surface area contributed by atoms with E-state index >= 15 is 0 Å². The number of nitrogens with two attached hydrogens (primary N) is 1. The van der Waals surface area contributed by atoms with E-state index in [2.05, 4.69) is 5.32 Å². The van der Waals surface area contributed by atoms with Gasteiger partial charge in [0.1, 0.15) is 6.10 Å². The van der Waals surface area contributed by atoms with E-state index in [1.54, 1.807) is 7.11 Å². The standard InChI is InChI=1S/C11H21N3O3/c1-16-10-7-17-6-9(10)13-11(15)14-4-2-3-8(14)5-12/h8-10H,2-7,12H2,1H3,(H,13,15)/t8-,9-,10-/m1/s1. The summed E-state index contributed by atoms with van der Waals surface area (Å²) in [4.78, 5) is 13.9. The van der Waals surface area contributed by atoms with Gasteiger partial charge in [-0.3, -0.25) is 0 Å². The summed E-state index contributed by atoms with van der Waals surface area (Å²) in [6.07, 6.45) is 1.99. The molecule has 0 aromatic heterocycles. The largest absolute Gasteiger partial charge is 0.377 e. The lowest BCUT2D eigenvalue weighted by molar-refractivity contribution is 0.0733. The van der Waals surface area contributed by atoms with E-state index in [1.807, 2.05) is 4.90 Å². The summed E-state index contributed by atoms with van der Waals surface area (Å²) in [6.45, 7) is 2.38. The molecule has 2 heterocycles. The lowest BCUT2D eigenvalue weighted by Crippen LogP contribution is -2.52. The summed E-state index contributed by atoms with van der Waals surface area (Å²) < 4.78 is 10.6. The number of methoxy groups -OCH3 is 1. The Kier molecular flexibility index (Phi) is 4.20. The normalized spacial score (nSPS) is 33.1. The van der Waals surface area contributed by atoms with Crippen molar-refractivity contribution in [3.8, 4) is 0 Å². The number of carbonyl (C=O) groups is 1. The maximum atomic E-state index is 12.1. The molecule has 2 aliphatic heterocycles. The predicted octanol–water partition coefficient (Wildman–Crippen LogP) is -0.467. The first-order chi connectivity index (χ1) is 8.26. The first kappa shape index (κ1) is 12.6. The molecule has 2 fully saturated rings. The quantitative estimate of drug-likeness (QED) is 0.703. The number of nitrogens with zero attached hydrogens (tertiary/aromatic N) is 1. The summed E-state index contributed by atoms with van der Waals surface area (Å²) in [5.74, 6) is 0. The van der Waals surface area contributed by atoms with Gasteiger partial charge >= 0.3 is 6.03 Å². The fraction of sp³-hybridized carbons (Fsp3) is 0.909. The van der Waals surface area contributed by atoms with Gasteiger partial charge in [-0.1, -0.05) is 0 Å². The summed E-state index contributed by atoms with van der Waals surface area (Å²) in [7, 11) is 1.64. The highest BCUT2D eigenvalue weighted by Crippen LogP contribution is 2.17. The first-order valence-corrected chi connectivity index (χ1v) is 6.14. The van der Waals surface area contributed by atoms with Crippen LogP contribution in [0.3, 0.4) is 0 Å². The highest BCUT2D eigenvalue weighted by atomic mass is 16.5. The Hall–Kier alpha value is -0.850. The second kappa shape index (κ2) is 5.66. The van der Waals surface area contributed by atoms with Crippen LogP contribution in [-0.4, -0.2) is 62.5 Å². The molecule has 3 N–H and O–H groups in total. The number of carbonyl (C=O) groups excluding carboxylic acids is 1. The van der Waals surface area contributed by atoms with E-state index in [4.69, 9.17) is 15.2 Å². The van der Waals surface area contributed by atoms with Gasteiger partial charge in [-0.05, 0) is 12.8 Å². The number of rotatable bonds is 3. The maximum Gasteiger partial charge on any atom is 0.318 e. The van der Waals surface area contributed by atoms with Crippen LogP contribution >= 0.6 is 0 Å². The third-order valence-electron chi connectivity index (χ3n) is 3.55. The van der Waals surface area contributed by atoms with Gasteiger partial charge in [0.15, 0.2) is 0 Å². The maximum absolute atomic E-state index is 12.1. The van der Waals surface area contributed by atoms with Crippen molar-refractivity contribution in [3.05, 3.63) is 0 Å². The second-order valence-corrected chi connectivity index (χ2v) is 4.59. The van der Waals surface area contributed by atoms with Crippen LogP contribution < -0.4 is 11.1 Å². The van der Waals surface area contributed by atoms with Crippen molar-refractivity contribution in [1.82, 2.24) is 10.2 Å². The van der Waals surface area contributed by atoms with Crippen molar-refractivity contribution in [3.63, 3.8) is 0 Å². The molecule has 98 valence electrons. The van der Waals surface area contributed by atoms with Crippen molar-refractivity contribution in [2.45, 2.75) is 31.0 Å². The van der Waals surface area contributed by atoms with Crippen molar-refractivity contribution in [2.75, 3.05) is 33.4 Å². The van der Waals surface area contributed by atoms with Crippen LogP contribution in [0.15, 0.2) is 0 Å². The Balaban J connectivity index is 1.88. The number of likely N-dealkylation sites (tertiary alicyclic amines) is 1. The number of hydrogen-bond acceptors (Lipinski definition) is 4. The smallest absolute Gasteiger partial charge is 0.318 e. The lowest BCUT2D eigenvalue weighted by atomic mass is 10.2. The zero-order valence-electron chi connectivity index (χ0n) is 10.2. The molecule has 2 aliphatic rings. The van der Waals surface area contributed by atoms with Gasteiger partial charge < -0.3 is 25.4 Å². The van der Waals surface area contributed by atoms with E-state index in [1.165, 1.54) is 0 Å². The van der Waals surface area contributed by atoms with Gasteiger partial charge in [0.25, 0.3) is 0 Å². The minimum atomic E-state index is -0.0495. The molecule has 0 aromatic rings. The average Bonchev–Trinajstić information content (AvgIpc) is 2.96. The van der Waals surface area contributed by atoms with Crippen LogP contribution in [0.5, 0.6) is 0 Å². The number of nitrogens with one attached hydrogen (secondary N) is 1. The fourth-order valence-corrected chi connectivity index (χ4v) is 2.49. The second-order valence-electron chi connectivity index (χ2n) is 4.59. The van der Waals surface area contributed by atoms with Crippen LogP contribution in [0.4, 0.5) is 4.79 Å². The number of hydrogen-bond donors (Lipinski definition) is 2. The van der Waals surface area contributed by atoms with E-state index in [0.29, 0.717) is 19.8 Å². The lowest BCUT2D eigenvalue weighted by Gasteiger charge is -2.26. The molecule has 0 aromatic carbocycles. The van der Waals surface area contributed by atoms with Crippen LogP contribution in [-0.2, 0) is 9.47 Å². The highest BCUT2D eigenvalue weighted by Gasteiger charge is 2.33. The summed E-state index contributed by atoms with van der Waals surface area (Å²) in [6, 6.07) is 0.0836. The molecule has 17 heavy (non-hydrogen) atoms. The number of amides is 2. The van der Waals surface area contributed by atoms with Gasteiger partial charge in [0.2, 0.25) is 0 Å². The van der Waals surface area contributed by atoms with Crippen LogP contribution in [0.2, 0.25) is 0 Å². The molecule has 0 bridgehead atoms. The highest BCUT2D eigenvalue weighted by molar-refractivity contribution is 5.75. The van der Waals surface area contributed by atoms with Crippen molar-refractivity contribution < 1.29 is 14.3 Å². The molecule has 2 saturated heterocycles. The van der Waals surface area contributed by atoms with Crippen LogP contribution in [0, 0.1) is 0 Å². The minimum absolute atomic E-state index is 0.0436. The summed E-state index contributed by atoms with van der Waals surface area (Å²) in [5, 5.41) is 2.97. The molecule has 2 amide bonds. The third-order valence-corrected chi connectivity index (χ3v) is 3.55. The Labute approximate surface area is 101 Å². The molecule has 0 unspecified atom stereocenters. The van der Waals surface area contributed by atoms with E-state index in [9.17, 15) is 4.79 Å². The van der Waals surface area contributed by atoms with Crippen molar-refractivity contribution in [1.29, 1.82) is 0 Å². The average molecular weight is 243 g/mol. The molecule has 0 spiro atoms. The monoisotopic (exact) mass is 243 g/mol. The first-order valence-electron chi connectivity index (χ1n) is 6.14. The summed E-state index contributed by atoms with van der Waals surface area (Å²) >= 11 is 0. The van der Waals surface area contributed by atoms with E-state index in [0.717, 1.165) is 19.4 Å². The molecular formula is C11H21N3O3. The summed E-state index contributed by atoms with van der Waals surface area (Å²) in [5.41, 5.74) is 5.65. The molecule has 3 atom stereocenters. The molecule has 6 heteroatoms. The molecule has 0 aliphatic carbocycles. The van der Waals surface area contributed by atoms with Gasteiger partial charge in [0, 0.05) is 26.2 Å². The van der Waals surface area contributed by atoms with Crippen molar-refractivity contribution in [2.24, 2.45) is 5.73 Å². The van der Waals surface area contributed by atoms with Crippen LogP contribution in [0.25, 0.3) is 0 Å². The zero-order valence-corrected chi connectivity index (χ0v) is 10.2. The van der Waals surface area contributed by atoms with E-state index < -0.39 is 0 Å². The van der Waals surface area contributed by atoms with Crippen LogP contribution in [0.1, 0.15) is 12.8 Å². The molecule has 2 rings (SSSR count). The van der Waals surface area contributed by atoms with Gasteiger partial charge in [0.05, 0.1) is 19.3 Å². The Morgan fingerprint density at radius 2 is 2.41 bits per heavy atom. The predicted molar refractivity (Wildman–Crippen MR) is 62.7 cm³/mol. The number of urea groups is 1. The van der Waals surface area contributed by atoms with Crippen molar-refractivity contribution >= 4 is 6.03 Å². The van der Waals surface area contributed by atoms with Gasteiger partial charge in [-0.25, -0.2) is 4.79 Å². The molecule has 0 saturated carbocycles.